The van der Waals surface area contributed by atoms with E-state index in [1.54, 1.807) is 4.90 Å². The number of Topliss-reactive ketones (excluding diaryl/α,β-unsaturated/α-hetero) is 1. The Labute approximate surface area is 190 Å². The summed E-state index contributed by atoms with van der Waals surface area (Å²) in [5.41, 5.74) is 2.20. The van der Waals surface area contributed by atoms with E-state index in [0.717, 1.165) is 54.4 Å². The molecule has 2 aromatic rings. The van der Waals surface area contributed by atoms with Crippen LogP contribution in [0.5, 0.6) is 0 Å². The van der Waals surface area contributed by atoms with Gasteiger partial charge < -0.3 is 14.4 Å². The fourth-order valence-electron chi connectivity index (χ4n) is 4.56. The third-order valence-electron chi connectivity index (χ3n) is 6.33. The first kappa shape index (κ1) is 22.8. The van der Waals surface area contributed by atoms with Gasteiger partial charge >= 0.3 is 6.09 Å². The smallest absolute Gasteiger partial charge is 0.410 e. The minimum absolute atomic E-state index is 0.179. The SMILES string of the molecule is Cc1c(C(=O)CCC2CCCCO2)ccc2nn(CC3CN(C(=O)OC(C)(C)C)C3)cc12. The zero-order valence-corrected chi connectivity index (χ0v) is 19.7. The predicted molar refractivity (Wildman–Crippen MR) is 123 cm³/mol. The molecule has 2 aliphatic rings. The minimum atomic E-state index is -0.474. The third-order valence-corrected chi connectivity index (χ3v) is 6.33. The van der Waals surface area contributed by atoms with Crippen molar-refractivity contribution in [3.05, 3.63) is 29.5 Å². The van der Waals surface area contributed by atoms with Gasteiger partial charge in [-0.05, 0) is 71.1 Å². The molecule has 1 atom stereocenters. The number of benzene rings is 1. The number of rotatable bonds is 6. The normalized spacial score (nSPS) is 19.8. The molecule has 1 aromatic heterocycles. The molecular weight excluding hydrogens is 406 g/mol. The van der Waals surface area contributed by atoms with E-state index in [0.29, 0.717) is 25.4 Å². The molecule has 1 aromatic carbocycles. The quantitative estimate of drug-likeness (QED) is 0.605. The number of ether oxygens (including phenoxy) is 2. The van der Waals surface area contributed by atoms with Crippen molar-refractivity contribution in [2.75, 3.05) is 19.7 Å². The number of hydrogen-bond acceptors (Lipinski definition) is 5. The van der Waals surface area contributed by atoms with E-state index in [9.17, 15) is 9.59 Å². The third kappa shape index (κ3) is 5.31. The maximum Gasteiger partial charge on any atom is 0.410 e. The van der Waals surface area contributed by atoms with Crippen LogP contribution in [0.15, 0.2) is 18.3 Å². The van der Waals surface area contributed by atoms with Crippen molar-refractivity contribution in [2.45, 2.75) is 78.0 Å². The Bertz CT molecular complexity index is 979. The fourth-order valence-corrected chi connectivity index (χ4v) is 4.56. The lowest BCUT2D eigenvalue weighted by Gasteiger charge is -2.39. The number of carbonyl (C=O) groups excluding carboxylic acids is 2. The van der Waals surface area contributed by atoms with Crippen LogP contribution in [-0.2, 0) is 16.0 Å². The number of fused-ring (bicyclic) bond motifs is 1. The van der Waals surface area contributed by atoms with Gasteiger partial charge in [0, 0.05) is 55.7 Å². The van der Waals surface area contributed by atoms with Crippen molar-refractivity contribution in [1.29, 1.82) is 0 Å². The monoisotopic (exact) mass is 441 g/mol. The highest BCUT2D eigenvalue weighted by atomic mass is 16.6. The molecule has 0 radical (unpaired) electrons. The summed E-state index contributed by atoms with van der Waals surface area (Å²) < 4.78 is 13.1. The summed E-state index contributed by atoms with van der Waals surface area (Å²) in [5.74, 6) is 0.534. The number of hydrogen-bond donors (Lipinski definition) is 0. The molecule has 2 aliphatic heterocycles. The largest absolute Gasteiger partial charge is 0.444 e. The zero-order valence-electron chi connectivity index (χ0n) is 19.7. The van der Waals surface area contributed by atoms with Gasteiger partial charge in [0.1, 0.15) is 5.60 Å². The van der Waals surface area contributed by atoms with Gasteiger partial charge in [0.2, 0.25) is 0 Å². The first-order chi connectivity index (χ1) is 15.2. The molecule has 174 valence electrons. The summed E-state index contributed by atoms with van der Waals surface area (Å²) in [6.45, 7) is 10.6. The van der Waals surface area contributed by atoms with Crippen LogP contribution < -0.4 is 0 Å². The molecule has 1 unspecified atom stereocenters. The summed E-state index contributed by atoms with van der Waals surface area (Å²) >= 11 is 0. The van der Waals surface area contributed by atoms with E-state index in [1.807, 2.05) is 50.7 Å². The number of aromatic nitrogens is 2. The van der Waals surface area contributed by atoms with Gasteiger partial charge in [0.25, 0.3) is 0 Å². The zero-order chi connectivity index (χ0) is 22.9. The summed E-state index contributed by atoms with van der Waals surface area (Å²) in [7, 11) is 0. The van der Waals surface area contributed by atoms with Crippen LogP contribution in [0.2, 0.25) is 0 Å². The van der Waals surface area contributed by atoms with Crippen molar-refractivity contribution in [3.8, 4) is 0 Å². The lowest BCUT2D eigenvalue weighted by Crippen LogP contribution is -2.52. The number of amides is 1. The van der Waals surface area contributed by atoms with Crippen LogP contribution in [0, 0.1) is 12.8 Å². The molecule has 2 saturated heterocycles. The highest BCUT2D eigenvalue weighted by Gasteiger charge is 2.34. The van der Waals surface area contributed by atoms with E-state index >= 15 is 0 Å². The second kappa shape index (κ2) is 9.22. The first-order valence-corrected chi connectivity index (χ1v) is 11.8. The maximum atomic E-state index is 12.9. The molecule has 7 heteroatoms. The summed E-state index contributed by atoms with van der Waals surface area (Å²) in [4.78, 5) is 26.7. The number of aryl methyl sites for hydroxylation is 1. The van der Waals surface area contributed by atoms with Crippen LogP contribution in [0.1, 0.15) is 68.8 Å². The molecule has 0 bridgehead atoms. The lowest BCUT2D eigenvalue weighted by molar-refractivity contribution is -0.00382. The van der Waals surface area contributed by atoms with Gasteiger partial charge in [-0.1, -0.05) is 0 Å². The Morgan fingerprint density at radius 1 is 1.22 bits per heavy atom. The first-order valence-electron chi connectivity index (χ1n) is 11.8. The van der Waals surface area contributed by atoms with E-state index < -0.39 is 5.60 Å². The van der Waals surface area contributed by atoms with E-state index in [-0.39, 0.29) is 18.0 Å². The highest BCUT2D eigenvalue weighted by molar-refractivity contribution is 6.01. The standard InChI is InChI=1S/C25H35N3O4/c1-17-20(23(29)11-8-19-7-5-6-12-31-19)9-10-22-21(17)16-28(26-22)15-18-13-27(14-18)24(30)32-25(2,3)4/h9-10,16,18-19H,5-8,11-15H2,1-4H3. The fraction of sp³-hybridized carbons (Fsp3) is 0.640. The average Bonchev–Trinajstić information content (AvgIpc) is 3.12. The maximum absolute atomic E-state index is 12.9. The molecule has 32 heavy (non-hydrogen) atoms. The topological polar surface area (TPSA) is 73.7 Å². The second-order valence-corrected chi connectivity index (χ2v) is 10.2. The molecule has 0 N–H and O–H groups in total. The summed E-state index contributed by atoms with van der Waals surface area (Å²) in [6, 6.07) is 3.85. The Morgan fingerprint density at radius 2 is 2.00 bits per heavy atom. The van der Waals surface area contributed by atoms with Gasteiger partial charge in [-0.25, -0.2) is 4.79 Å². The van der Waals surface area contributed by atoms with Crippen LogP contribution in [0.3, 0.4) is 0 Å². The molecule has 0 aliphatic carbocycles. The highest BCUT2D eigenvalue weighted by Crippen LogP contribution is 2.26. The summed E-state index contributed by atoms with van der Waals surface area (Å²) in [5, 5.41) is 5.72. The second-order valence-electron chi connectivity index (χ2n) is 10.2. The Kier molecular flexibility index (Phi) is 6.56. The molecule has 2 fully saturated rings. The molecular formula is C25H35N3O4. The Morgan fingerprint density at radius 3 is 2.69 bits per heavy atom. The predicted octanol–water partition coefficient (Wildman–Crippen LogP) is 4.74. The Hall–Kier alpha value is -2.41. The van der Waals surface area contributed by atoms with Crippen molar-refractivity contribution < 1.29 is 19.1 Å². The average molecular weight is 442 g/mol. The Balaban J connectivity index is 1.35. The van der Waals surface area contributed by atoms with Crippen molar-refractivity contribution in [1.82, 2.24) is 14.7 Å². The van der Waals surface area contributed by atoms with Gasteiger partial charge in [-0.3, -0.25) is 9.48 Å². The number of nitrogens with zero attached hydrogens (tertiary/aromatic N) is 3. The van der Waals surface area contributed by atoms with Crippen LogP contribution in [0.25, 0.3) is 10.9 Å². The minimum Gasteiger partial charge on any atom is -0.444 e. The number of ketones is 1. The molecule has 4 rings (SSSR count). The van der Waals surface area contributed by atoms with Crippen LogP contribution in [0.4, 0.5) is 4.79 Å². The van der Waals surface area contributed by atoms with E-state index in [1.165, 1.54) is 6.42 Å². The summed E-state index contributed by atoms with van der Waals surface area (Å²) in [6.07, 6.45) is 6.70. The molecule has 0 spiro atoms. The number of likely N-dealkylation sites (tertiary alicyclic amines) is 1. The van der Waals surface area contributed by atoms with E-state index in [2.05, 4.69) is 0 Å². The van der Waals surface area contributed by atoms with Gasteiger partial charge in [-0.15, -0.1) is 0 Å². The van der Waals surface area contributed by atoms with Gasteiger partial charge in [-0.2, -0.15) is 5.10 Å². The van der Waals surface area contributed by atoms with Gasteiger partial charge in [0.05, 0.1) is 11.6 Å². The molecule has 7 nitrogen and oxygen atoms in total. The van der Waals surface area contributed by atoms with Crippen molar-refractivity contribution >= 4 is 22.8 Å². The molecule has 1 amide bonds. The van der Waals surface area contributed by atoms with Crippen molar-refractivity contribution in [2.24, 2.45) is 5.92 Å². The number of carbonyl (C=O) groups is 2. The van der Waals surface area contributed by atoms with Crippen molar-refractivity contribution in [3.63, 3.8) is 0 Å². The van der Waals surface area contributed by atoms with Crippen LogP contribution in [-0.4, -0.2) is 58.0 Å². The van der Waals surface area contributed by atoms with Gasteiger partial charge in [0.15, 0.2) is 5.78 Å². The molecule has 0 saturated carbocycles. The van der Waals surface area contributed by atoms with E-state index in [4.69, 9.17) is 14.6 Å². The molecule has 3 heterocycles. The van der Waals surface area contributed by atoms with Crippen LogP contribution >= 0.6 is 0 Å². The lowest BCUT2D eigenvalue weighted by atomic mass is 9.96.